The van der Waals surface area contributed by atoms with Gasteiger partial charge in [0.25, 0.3) is 0 Å². The third-order valence-corrected chi connectivity index (χ3v) is 9.73. The van der Waals surface area contributed by atoms with Crippen molar-refractivity contribution in [2.75, 3.05) is 0 Å². The molecule has 0 amide bonds. The van der Waals surface area contributed by atoms with Gasteiger partial charge >= 0.3 is 0 Å². The van der Waals surface area contributed by atoms with Gasteiger partial charge in [-0.05, 0) is 127 Å². The number of allylic oxidation sites excluding steroid dienone is 20. The quantitative estimate of drug-likeness (QED) is 0.210. The largest absolute Gasteiger partial charge is 0.405 e. The van der Waals surface area contributed by atoms with E-state index in [0.29, 0.717) is 0 Å². The number of hydrogen-bond donors (Lipinski definition) is 1. The number of nitrogens with two attached hydrogens (primary N) is 1. The smallest absolute Gasteiger partial charge is 0.00268 e. The van der Waals surface area contributed by atoms with Crippen LogP contribution >= 0.6 is 0 Å². The van der Waals surface area contributed by atoms with Crippen LogP contribution in [0.4, 0.5) is 0 Å². The maximum Gasteiger partial charge on any atom is -0.00268 e. The molecule has 0 unspecified atom stereocenters. The van der Waals surface area contributed by atoms with Crippen LogP contribution in [0, 0.1) is 0 Å². The monoisotopic (exact) mass is 695 g/mol. The lowest BCUT2D eigenvalue weighted by Crippen LogP contribution is -1.90. The highest BCUT2D eigenvalue weighted by Gasteiger charge is 2.11. The van der Waals surface area contributed by atoms with Gasteiger partial charge in [-0.15, -0.1) is 0 Å². The van der Waals surface area contributed by atoms with Gasteiger partial charge in [-0.3, -0.25) is 0 Å². The minimum Gasteiger partial charge on any atom is -0.405 e. The van der Waals surface area contributed by atoms with Crippen LogP contribution in [-0.4, -0.2) is 0 Å². The Balaban J connectivity index is 1.75. The highest BCUT2D eigenvalue weighted by molar-refractivity contribution is 6.01. The fraction of sp³-hybridized carbons (Fsp3) is 0.192. The van der Waals surface area contributed by atoms with Crippen LogP contribution in [0.15, 0.2) is 204 Å². The van der Waals surface area contributed by atoms with Crippen molar-refractivity contribution < 1.29 is 0 Å². The summed E-state index contributed by atoms with van der Waals surface area (Å²) in [4.78, 5) is 0. The Labute approximate surface area is 320 Å². The summed E-state index contributed by atoms with van der Waals surface area (Å²) in [6, 6.07) is 30.7. The summed E-state index contributed by atoms with van der Waals surface area (Å²) < 4.78 is 0. The van der Waals surface area contributed by atoms with Crippen molar-refractivity contribution in [1.82, 2.24) is 0 Å². The highest BCUT2D eigenvalue weighted by atomic mass is 14.5. The summed E-state index contributed by atoms with van der Waals surface area (Å²) >= 11 is 0. The summed E-state index contributed by atoms with van der Waals surface area (Å²) in [6.07, 6.45) is 36.1. The lowest BCUT2D eigenvalue weighted by atomic mass is 9.90. The van der Waals surface area contributed by atoms with E-state index >= 15 is 0 Å². The van der Waals surface area contributed by atoms with Crippen molar-refractivity contribution in [2.45, 2.75) is 67.2 Å². The average molecular weight is 696 g/mol. The van der Waals surface area contributed by atoms with Gasteiger partial charge in [0.05, 0.1) is 0 Å². The Morgan fingerprint density at radius 1 is 0.698 bits per heavy atom. The van der Waals surface area contributed by atoms with Gasteiger partial charge in [-0.25, -0.2) is 0 Å². The number of fused-ring (bicyclic) bond motifs is 1. The fourth-order valence-corrected chi connectivity index (χ4v) is 6.29. The van der Waals surface area contributed by atoms with Crippen LogP contribution in [0.3, 0.4) is 0 Å². The first-order chi connectivity index (χ1) is 25.9. The van der Waals surface area contributed by atoms with Gasteiger partial charge in [0, 0.05) is 0 Å². The first kappa shape index (κ1) is 40.1. The zero-order valence-electron chi connectivity index (χ0n) is 32.6. The Kier molecular flexibility index (Phi) is 16.4. The van der Waals surface area contributed by atoms with Crippen LogP contribution in [0.25, 0.3) is 33.5 Å². The molecule has 3 aromatic carbocycles. The molecule has 1 heteroatoms. The standard InChI is InChI=1S/C52H57N/c1-7-45(46(8-2)37-38-53)26-16-11-14-24-42(5)43(6)39-44-33-35-49(36-34-44)52-50(31-18-10-9-15-27-47-30-21-22-32-51(47)52)48-28-17-12-13-23-40(3)41(4)25-19-20-29-48/h9-18,20-24,26-39H,7-8,19,25,53H2,1-6H3/b10-9?,14-11+,15-9?,17-12+,18-10?,23-13-,26-16-,27-15?,29-20-,31-18?,38-37+,41-40-,42-24-,43-39-,46-45-,47-27?,48-28+,50-31?,52-50?,52-51?. The van der Waals surface area contributed by atoms with E-state index in [0.717, 1.165) is 25.7 Å². The SMILES string of the molecule is CCC(/C=C\C=C\C=C(C)/C(C)=C\c1ccc(-c2c(C3=C/C=C/C=C\C(C)=C(\C)CC/C=C\3)ccccccc3ccccc23)cc1)=C(/C=C/N)CC. The van der Waals surface area contributed by atoms with Gasteiger partial charge in [-0.1, -0.05) is 189 Å². The second-order valence-corrected chi connectivity index (χ2v) is 13.4. The second-order valence-electron chi connectivity index (χ2n) is 13.4. The molecule has 0 aromatic heterocycles. The van der Waals surface area contributed by atoms with Gasteiger partial charge in [-0.2, -0.15) is 0 Å². The summed E-state index contributed by atoms with van der Waals surface area (Å²) in [5, 5.41) is 2.40. The Bertz CT molecular complexity index is 2110. The van der Waals surface area contributed by atoms with Crippen LogP contribution in [0.2, 0.25) is 0 Å². The third kappa shape index (κ3) is 12.2. The van der Waals surface area contributed by atoms with Crippen LogP contribution in [0.1, 0.15) is 78.4 Å². The van der Waals surface area contributed by atoms with E-state index in [2.05, 4.69) is 205 Å². The molecule has 0 saturated carbocycles. The summed E-state index contributed by atoms with van der Waals surface area (Å²) in [6.45, 7) is 13.1. The molecule has 53 heavy (non-hydrogen) atoms. The molecular weight excluding hydrogens is 639 g/mol. The number of benzene rings is 2. The number of rotatable bonds is 10. The molecule has 270 valence electrons. The average Bonchev–Trinajstić information content (AvgIpc) is 3.17. The van der Waals surface area contributed by atoms with E-state index < -0.39 is 0 Å². The Morgan fingerprint density at radius 3 is 2.13 bits per heavy atom. The topological polar surface area (TPSA) is 26.0 Å². The minimum absolute atomic E-state index is 0.968. The fourth-order valence-electron chi connectivity index (χ4n) is 6.29. The van der Waals surface area contributed by atoms with E-state index in [1.165, 1.54) is 72.0 Å². The maximum atomic E-state index is 5.65. The van der Waals surface area contributed by atoms with Crippen molar-refractivity contribution in [3.63, 3.8) is 0 Å². The molecule has 0 atom stereocenters. The van der Waals surface area contributed by atoms with Gasteiger partial charge in [0.2, 0.25) is 0 Å². The van der Waals surface area contributed by atoms with Crippen LogP contribution < -0.4 is 5.73 Å². The van der Waals surface area contributed by atoms with E-state index in [1.807, 2.05) is 6.08 Å². The zero-order valence-corrected chi connectivity index (χ0v) is 32.6. The summed E-state index contributed by atoms with van der Waals surface area (Å²) in [5.74, 6) is 0. The molecule has 2 N–H and O–H groups in total. The van der Waals surface area contributed by atoms with E-state index in [1.54, 1.807) is 6.20 Å². The minimum atomic E-state index is 0.968. The molecule has 0 saturated heterocycles. The number of hydrogen-bond acceptors (Lipinski definition) is 1. The maximum absolute atomic E-state index is 5.65. The summed E-state index contributed by atoms with van der Waals surface area (Å²) in [7, 11) is 0. The molecule has 1 aliphatic rings. The molecule has 0 aliphatic heterocycles. The molecule has 0 spiro atoms. The van der Waals surface area contributed by atoms with Crippen molar-refractivity contribution in [1.29, 1.82) is 0 Å². The predicted molar refractivity (Wildman–Crippen MR) is 237 cm³/mol. The Morgan fingerprint density at radius 2 is 1.40 bits per heavy atom. The summed E-state index contributed by atoms with van der Waals surface area (Å²) in [5.41, 5.74) is 19.4. The lowest BCUT2D eigenvalue weighted by Gasteiger charge is -2.13. The molecule has 0 bridgehead atoms. The van der Waals surface area contributed by atoms with Crippen LogP contribution in [-0.2, 0) is 0 Å². The van der Waals surface area contributed by atoms with Crippen LogP contribution in [0.5, 0.6) is 0 Å². The van der Waals surface area contributed by atoms with Crippen molar-refractivity contribution in [3.05, 3.63) is 215 Å². The first-order valence-electron chi connectivity index (χ1n) is 19.0. The van der Waals surface area contributed by atoms with E-state index in [4.69, 9.17) is 5.73 Å². The second kappa shape index (κ2) is 21.6. The highest BCUT2D eigenvalue weighted by Crippen LogP contribution is 2.35. The molecule has 1 nitrogen and oxygen atoms in total. The zero-order chi connectivity index (χ0) is 37.8. The molecule has 1 aliphatic carbocycles. The third-order valence-electron chi connectivity index (χ3n) is 9.73. The van der Waals surface area contributed by atoms with Gasteiger partial charge < -0.3 is 5.73 Å². The molecule has 3 aromatic rings. The van der Waals surface area contributed by atoms with Gasteiger partial charge in [0.15, 0.2) is 0 Å². The molecule has 0 fully saturated rings. The molecule has 0 heterocycles. The molecular formula is C52H57N. The molecule has 0 radical (unpaired) electrons. The first-order valence-corrected chi connectivity index (χ1v) is 19.0. The van der Waals surface area contributed by atoms with E-state index in [-0.39, 0.29) is 0 Å². The predicted octanol–water partition coefficient (Wildman–Crippen LogP) is 14.9. The lowest BCUT2D eigenvalue weighted by molar-refractivity contribution is 0.963. The van der Waals surface area contributed by atoms with Crippen molar-refractivity contribution in [3.8, 4) is 11.1 Å². The van der Waals surface area contributed by atoms with E-state index in [9.17, 15) is 0 Å². The van der Waals surface area contributed by atoms with Crippen molar-refractivity contribution in [2.24, 2.45) is 5.73 Å². The van der Waals surface area contributed by atoms with Gasteiger partial charge in [0.1, 0.15) is 0 Å². The normalized spacial score (nSPS) is 19.3. The Hall–Kier alpha value is -5.66. The van der Waals surface area contributed by atoms with Crippen molar-refractivity contribution >= 4 is 22.4 Å². The molecule has 4 rings (SSSR count).